The average molecular weight is 833 g/mol. The molecule has 6 saturated carbocycles. The van der Waals surface area contributed by atoms with Gasteiger partial charge in [-0.25, -0.2) is 0 Å². The van der Waals surface area contributed by atoms with E-state index in [1.165, 1.54) is 125 Å². The number of rotatable bonds is 9. The second-order valence-electron chi connectivity index (χ2n) is 21.4. The van der Waals surface area contributed by atoms with Crippen LogP contribution in [0.5, 0.6) is 0 Å². The fourth-order valence-electron chi connectivity index (χ4n) is 15.2. The van der Waals surface area contributed by atoms with Gasteiger partial charge in [0.15, 0.2) is 0 Å². The smallest absolute Gasteiger partial charge is 0.0465 e. The van der Waals surface area contributed by atoms with Crippen LogP contribution in [-0.4, -0.2) is 0 Å². The molecule has 0 N–H and O–H groups in total. The Kier molecular flexibility index (Phi) is 8.95. The number of hydrogen-bond acceptors (Lipinski definition) is 2. The molecule has 3 atom stereocenters. The zero-order valence-corrected chi connectivity index (χ0v) is 37.5. The summed E-state index contributed by atoms with van der Waals surface area (Å²) in [5.74, 6) is 5.68. The lowest BCUT2D eigenvalue weighted by Gasteiger charge is -2.62. The van der Waals surface area contributed by atoms with Crippen LogP contribution in [0.3, 0.4) is 0 Å². The fraction of sp³-hybridized carbons (Fsp3) is 0.323. The summed E-state index contributed by atoms with van der Waals surface area (Å²) < 4.78 is 0. The van der Waals surface area contributed by atoms with Crippen molar-refractivity contribution in [3.63, 3.8) is 0 Å². The third-order valence-corrected chi connectivity index (χ3v) is 17.8. The SMILES string of the molecule is CC1(C)c2ccccc2-c2ccc(N(c3ccccc3)c3ccc(C4(c5ccc(N(c6ccccc6)c6ccc(C7CC8CCC7C8)cc6)cc5)C5CC6CC(C5)CC4C6)cc3)cc21. The van der Waals surface area contributed by atoms with E-state index >= 15 is 0 Å². The summed E-state index contributed by atoms with van der Waals surface area (Å²) in [6, 6.07) is 67.7. The minimum atomic E-state index is -0.0625. The topological polar surface area (TPSA) is 6.48 Å². The van der Waals surface area contributed by atoms with E-state index in [1.807, 2.05) is 0 Å². The predicted molar refractivity (Wildman–Crippen MR) is 266 cm³/mol. The quantitative estimate of drug-likeness (QED) is 0.143. The summed E-state index contributed by atoms with van der Waals surface area (Å²) >= 11 is 0. The third-order valence-electron chi connectivity index (χ3n) is 17.8. The van der Waals surface area contributed by atoms with Gasteiger partial charge >= 0.3 is 0 Å². The van der Waals surface area contributed by atoms with Crippen molar-refractivity contribution >= 4 is 34.1 Å². The fourth-order valence-corrected chi connectivity index (χ4v) is 15.2. The van der Waals surface area contributed by atoms with Crippen molar-refractivity contribution in [1.29, 1.82) is 0 Å². The first-order valence-corrected chi connectivity index (χ1v) is 24.7. The first kappa shape index (κ1) is 38.6. The zero-order valence-electron chi connectivity index (χ0n) is 37.5. The van der Waals surface area contributed by atoms with Gasteiger partial charge < -0.3 is 9.80 Å². The maximum atomic E-state index is 2.53. The van der Waals surface area contributed by atoms with Crippen LogP contribution in [0, 0.1) is 35.5 Å². The Labute approximate surface area is 381 Å². The van der Waals surface area contributed by atoms with Crippen LogP contribution in [-0.2, 0) is 10.8 Å². The van der Waals surface area contributed by atoms with Gasteiger partial charge in [-0.1, -0.05) is 123 Å². The predicted octanol–water partition coefficient (Wildman–Crippen LogP) is 16.6. The molecule has 3 unspecified atom stereocenters. The second kappa shape index (κ2) is 14.8. The maximum absolute atomic E-state index is 2.53. The Morgan fingerprint density at radius 2 is 0.875 bits per heavy atom. The molecule has 7 aromatic rings. The first-order chi connectivity index (χ1) is 31.4. The van der Waals surface area contributed by atoms with Gasteiger partial charge in [-0.2, -0.15) is 0 Å². The number of benzene rings is 7. The van der Waals surface area contributed by atoms with E-state index in [1.54, 1.807) is 5.56 Å². The Bertz CT molecular complexity index is 2790. The summed E-state index contributed by atoms with van der Waals surface area (Å²) in [6.07, 6.45) is 12.6. The normalized spacial score (nSPS) is 27.6. The lowest BCUT2D eigenvalue weighted by molar-refractivity contribution is -0.0418. The van der Waals surface area contributed by atoms with Crippen LogP contribution in [0.1, 0.15) is 105 Å². The minimum Gasteiger partial charge on any atom is -0.311 e. The lowest BCUT2D eigenvalue weighted by Crippen LogP contribution is -2.56. The Morgan fingerprint density at radius 1 is 0.391 bits per heavy atom. The van der Waals surface area contributed by atoms with E-state index in [0.29, 0.717) is 11.8 Å². The van der Waals surface area contributed by atoms with Gasteiger partial charge in [-0.05, 0) is 205 Å². The van der Waals surface area contributed by atoms with Gasteiger partial charge in [0.2, 0.25) is 0 Å². The number of nitrogens with zero attached hydrogens (tertiary/aromatic N) is 2. The van der Waals surface area contributed by atoms with E-state index in [4.69, 9.17) is 0 Å². The van der Waals surface area contributed by atoms with Gasteiger partial charge in [0.1, 0.15) is 0 Å². The van der Waals surface area contributed by atoms with Gasteiger partial charge in [-0.15, -0.1) is 0 Å². The van der Waals surface area contributed by atoms with Gasteiger partial charge in [-0.3, -0.25) is 0 Å². The molecule has 0 radical (unpaired) electrons. The number of hydrogen-bond donors (Lipinski definition) is 0. The Morgan fingerprint density at radius 3 is 1.42 bits per heavy atom. The maximum Gasteiger partial charge on any atom is 0.0465 e. The molecular formula is C62H60N2. The number of anilines is 6. The molecule has 0 heterocycles. The molecule has 318 valence electrons. The molecule has 0 aliphatic heterocycles. The standard InChI is InChI=1S/C62H60N2/c1-61(2)59-16-10-9-15-56(59)57-32-31-55(40-60(57)61)64(51-13-7-4-8-14-51)54-29-23-47(24-30-54)62(48-35-42-33-43(37-48)38-49(62)36-42)46-21-27-53(28-22-46)63(50-11-5-3-6-12-50)52-25-19-44(20-26-52)58-39-41-17-18-45(58)34-41/h3-16,19-32,40-43,45,48-49,58H,17-18,33-39H2,1-2H3. The van der Waals surface area contributed by atoms with Crippen molar-refractivity contribution in [2.45, 2.75) is 88.4 Å². The molecule has 0 amide bonds. The molecule has 0 aromatic heterocycles. The summed E-state index contributed by atoms with van der Waals surface area (Å²) in [5, 5.41) is 0. The van der Waals surface area contributed by atoms with Crippen molar-refractivity contribution in [3.8, 4) is 11.1 Å². The average Bonchev–Trinajstić information content (AvgIpc) is 4.04. The largest absolute Gasteiger partial charge is 0.311 e. The second-order valence-corrected chi connectivity index (χ2v) is 21.4. The molecule has 14 rings (SSSR count). The summed E-state index contributed by atoms with van der Waals surface area (Å²) in [5.41, 5.74) is 17.3. The molecule has 2 heteroatoms. The molecule has 7 aromatic carbocycles. The van der Waals surface area contributed by atoms with Crippen LogP contribution in [0.15, 0.2) is 176 Å². The van der Waals surface area contributed by atoms with E-state index in [9.17, 15) is 0 Å². The van der Waals surface area contributed by atoms with Gasteiger partial charge in [0.25, 0.3) is 0 Å². The zero-order chi connectivity index (χ0) is 42.6. The highest BCUT2D eigenvalue weighted by Crippen LogP contribution is 2.65. The summed E-state index contributed by atoms with van der Waals surface area (Å²) in [6.45, 7) is 4.77. The van der Waals surface area contributed by atoms with Crippen molar-refractivity contribution in [2.24, 2.45) is 35.5 Å². The molecule has 0 spiro atoms. The molecular weight excluding hydrogens is 773 g/mol. The highest BCUT2D eigenvalue weighted by molar-refractivity contribution is 5.85. The molecule has 0 saturated heterocycles. The Hall–Kier alpha value is -5.86. The number of fused-ring (bicyclic) bond motifs is 5. The lowest BCUT2D eigenvalue weighted by atomic mass is 9.42. The van der Waals surface area contributed by atoms with Crippen molar-refractivity contribution in [1.82, 2.24) is 0 Å². The minimum absolute atomic E-state index is 0.00528. The molecule has 2 nitrogen and oxygen atoms in total. The Balaban J connectivity index is 0.876. The van der Waals surface area contributed by atoms with E-state index in [0.717, 1.165) is 29.6 Å². The highest BCUT2D eigenvalue weighted by atomic mass is 15.1. The van der Waals surface area contributed by atoms with E-state index < -0.39 is 0 Å². The number of para-hydroxylation sites is 2. The van der Waals surface area contributed by atoms with Gasteiger partial charge in [0, 0.05) is 45.0 Å². The summed E-state index contributed by atoms with van der Waals surface area (Å²) in [7, 11) is 0. The van der Waals surface area contributed by atoms with Crippen LogP contribution < -0.4 is 9.80 Å². The van der Waals surface area contributed by atoms with E-state index in [2.05, 4.69) is 200 Å². The summed E-state index contributed by atoms with van der Waals surface area (Å²) in [4.78, 5) is 4.95. The third kappa shape index (κ3) is 5.97. The highest BCUT2D eigenvalue weighted by Gasteiger charge is 2.58. The molecule has 6 bridgehead atoms. The van der Waals surface area contributed by atoms with Crippen molar-refractivity contribution in [2.75, 3.05) is 9.80 Å². The molecule has 7 aliphatic rings. The van der Waals surface area contributed by atoms with Crippen LogP contribution in [0.4, 0.5) is 34.1 Å². The monoisotopic (exact) mass is 832 g/mol. The molecule has 7 aliphatic carbocycles. The van der Waals surface area contributed by atoms with E-state index in [-0.39, 0.29) is 10.8 Å². The molecule has 6 fully saturated rings. The van der Waals surface area contributed by atoms with Crippen LogP contribution in [0.25, 0.3) is 11.1 Å². The van der Waals surface area contributed by atoms with Crippen molar-refractivity contribution < 1.29 is 0 Å². The molecule has 64 heavy (non-hydrogen) atoms. The van der Waals surface area contributed by atoms with Crippen LogP contribution in [0.2, 0.25) is 0 Å². The van der Waals surface area contributed by atoms with Crippen LogP contribution >= 0.6 is 0 Å². The first-order valence-electron chi connectivity index (χ1n) is 24.7. The van der Waals surface area contributed by atoms with Gasteiger partial charge in [0.05, 0.1) is 0 Å². The van der Waals surface area contributed by atoms with Crippen molar-refractivity contribution in [3.05, 3.63) is 204 Å².